The molecule has 8 heteroatoms. The smallest absolute Gasteiger partial charge is 0.349 e. The van der Waals surface area contributed by atoms with Gasteiger partial charge in [-0.1, -0.05) is 23.5 Å². The molecule has 128 valence electrons. The molecule has 1 aliphatic heterocycles. The molecule has 4 rings (SSSR count). The van der Waals surface area contributed by atoms with Crippen LogP contribution >= 0.6 is 11.3 Å². The minimum Gasteiger partial charge on any atom is -0.493 e. The summed E-state index contributed by atoms with van der Waals surface area (Å²) < 4.78 is 16.1. The van der Waals surface area contributed by atoms with Gasteiger partial charge in [-0.25, -0.2) is 9.78 Å². The second-order valence-corrected chi connectivity index (χ2v) is 6.43. The first kappa shape index (κ1) is 15.6. The number of fused-ring (bicyclic) bond motifs is 1. The number of amides is 1. The molecule has 0 bridgehead atoms. The second kappa shape index (κ2) is 6.21. The molecule has 1 amide bonds. The zero-order chi connectivity index (χ0) is 17.4. The maximum atomic E-state index is 12.6. The van der Waals surface area contributed by atoms with Crippen molar-refractivity contribution in [1.29, 1.82) is 0 Å². The fourth-order valence-corrected chi connectivity index (χ4v) is 3.24. The van der Waals surface area contributed by atoms with Crippen molar-refractivity contribution in [1.82, 2.24) is 9.88 Å². The molecule has 0 unspecified atom stereocenters. The predicted molar refractivity (Wildman–Crippen MR) is 91.5 cm³/mol. The molecule has 0 aliphatic carbocycles. The molecule has 1 aliphatic rings. The molecular formula is C17H14N2O5S. The molecule has 25 heavy (non-hydrogen) atoms. The minimum absolute atomic E-state index is 0.00783. The number of ether oxygens (including phenoxy) is 2. The highest BCUT2D eigenvalue weighted by atomic mass is 32.1. The van der Waals surface area contributed by atoms with Crippen molar-refractivity contribution >= 4 is 28.2 Å². The Hall–Kier alpha value is -2.87. The second-order valence-electron chi connectivity index (χ2n) is 5.57. The number of carbonyl (C=O) groups excluding carboxylic acids is 1. The number of rotatable bonds is 4. The number of thiazole rings is 1. The lowest BCUT2D eigenvalue weighted by Crippen LogP contribution is -2.56. The molecule has 0 radical (unpaired) electrons. The molecule has 0 spiro atoms. The Balaban J connectivity index is 1.53. The normalized spacial score (nSPS) is 14.4. The highest BCUT2D eigenvalue weighted by Crippen LogP contribution is 2.26. The Bertz CT molecular complexity index is 976. The van der Waals surface area contributed by atoms with E-state index in [2.05, 4.69) is 4.98 Å². The van der Waals surface area contributed by atoms with Crippen LogP contribution in [0, 0.1) is 0 Å². The van der Waals surface area contributed by atoms with Gasteiger partial charge in [-0.2, -0.15) is 0 Å². The highest BCUT2D eigenvalue weighted by Gasteiger charge is 2.34. The third-order valence-electron chi connectivity index (χ3n) is 3.99. The maximum absolute atomic E-state index is 12.6. The van der Waals surface area contributed by atoms with Crippen molar-refractivity contribution in [2.45, 2.75) is 6.10 Å². The van der Waals surface area contributed by atoms with Gasteiger partial charge in [0.1, 0.15) is 11.7 Å². The molecule has 1 saturated heterocycles. The largest absolute Gasteiger partial charge is 0.493 e. The number of nitrogens with zero attached hydrogens (tertiary/aromatic N) is 2. The molecule has 0 saturated carbocycles. The number of hydrogen-bond acceptors (Lipinski definition) is 7. The number of aromatic nitrogens is 1. The third kappa shape index (κ3) is 2.85. The van der Waals surface area contributed by atoms with Gasteiger partial charge in [0.2, 0.25) is 0 Å². The zero-order valence-electron chi connectivity index (χ0n) is 13.3. The summed E-state index contributed by atoms with van der Waals surface area (Å²) in [6.07, 6.45) is 1.55. The number of para-hydroxylation sites is 1. The molecule has 0 N–H and O–H groups in total. The van der Waals surface area contributed by atoms with Crippen LogP contribution in [0.2, 0.25) is 0 Å². The van der Waals surface area contributed by atoms with Crippen LogP contribution in [0.3, 0.4) is 0 Å². The minimum atomic E-state index is -0.675. The predicted octanol–water partition coefficient (Wildman–Crippen LogP) is 2.16. The first-order valence-electron chi connectivity index (χ1n) is 7.62. The van der Waals surface area contributed by atoms with Crippen molar-refractivity contribution in [2.24, 2.45) is 0 Å². The standard InChI is InChI=1S/C17H14N2O5S/c1-22-13-4-2-3-10-7-12(16(21)24-14(10)13)15(20)19-8-11(9-19)23-17-18-5-6-25-17/h2-7,11H,8-9H2,1H3. The van der Waals surface area contributed by atoms with E-state index in [1.807, 2.05) is 5.38 Å². The van der Waals surface area contributed by atoms with Gasteiger partial charge < -0.3 is 18.8 Å². The van der Waals surface area contributed by atoms with Gasteiger partial charge in [0, 0.05) is 17.0 Å². The number of methoxy groups -OCH3 is 1. The molecular weight excluding hydrogens is 344 g/mol. The molecule has 3 aromatic rings. The average Bonchev–Trinajstić information content (AvgIpc) is 3.09. The number of hydrogen-bond donors (Lipinski definition) is 0. The average molecular weight is 358 g/mol. The van der Waals surface area contributed by atoms with E-state index < -0.39 is 5.63 Å². The first-order chi connectivity index (χ1) is 12.2. The Kier molecular flexibility index (Phi) is 3.89. The van der Waals surface area contributed by atoms with Crippen LogP contribution in [-0.4, -0.2) is 42.1 Å². The first-order valence-corrected chi connectivity index (χ1v) is 8.50. The molecule has 2 aromatic heterocycles. The summed E-state index contributed by atoms with van der Waals surface area (Å²) in [7, 11) is 1.50. The fraction of sp³-hybridized carbons (Fsp3) is 0.235. The van der Waals surface area contributed by atoms with Gasteiger partial charge in [-0.05, 0) is 12.1 Å². The van der Waals surface area contributed by atoms with Crippen molar-refractivity contribution in [3.05, 3.63) is 51.8 Å². The van der Waals surface area contributed by atoms with Gasteiger partial charge in [-0.3, -0.25) is 4.79 Å². The van der Waals surface area contributed by atoms with Crippen molar-refractivity contribution in [3.63, 3.8) is 0 Å². The summed E-state index contributed by atoms with van der Waals surface area (Å²) in [6.45, 7) is 0.821. The number of carbonyl (C=O) groups is 1. The molecule has 7 nitrogen and oxygen atoms in total. The third-order valence-corrected chi connectivity index (χ3v) is 4.65. The van der Waals surface area contributed by atoms with E-state index >= 15 is 0 Å². The van der Waals surface area contributed by atoms with Gasteiger partial charge in [0.15, 0.2) is 11.3 Å². The summed E-state index contributed by atoms with van der Waals surface area (Å²) in [5.74, 6) is 0.0897. The van der Waals surface area contributed by atoms with E-state index in [0.717, 1.165) is 0 Å². The topological polar surface area (TPSA) is 81.9 Å². The van der Waals surface area contributed by atoms with Crippen molar-refractivity contribution in [3.8, 4) is 10.9 Å². The van der Waals surface area contributed by atoms with Crippen LogP contribution in [0.4, 0.5) is 0 Å². The summed E-state index contributed by atoms with van der Waals surface area (Å²) in [5, 5.41) is 3.04. The van der Waals surface area contributed by atoms with Crippen LogP contribution in [0.5, 0.6) is 10.9 Å². The van der Waals surface area contributed by atoms with Gasteiger partial charge >= 0.3 is 5.63 Å². The van der Waals surface area contributed by atoms with Crippen LogP contribution in [-0.2, 0) is 0 Å². The van der Waals surface area contributed by atoms with Crippen molar-refractivity contribution in [2.75, 3.05) is 20.2 Å². The Labute approximate surface area is 146 Å². The van der Waals surface area contributed by atoms with Gasteiger partial charge in [0.25, 0.3) is 11.1 Å². The molecule has 3 heterocycles. The van der Waals surface area contributed by atoms with Crippen molar-refractivity contribution < 1.29 is 18.7 Å². The number of benzene rings is 1. The maximum Gasteiger partial charge on any atom is 0.349 e. The SMILES string of the molecule is COc1cccc2cc(C(=O)N3CC(Oc4nccs4)C3)c(=O)oc12. The van der Waals surface area contributed by atoms with E-state index in [9.17, 15) is 9.59 Å². The molecule has 0 atom stereocenters. The summed E-state index contributed by atoms with van der Waals surface area (Å²) >= 11 is 1.40. The van der Waals surface area contributed by atoms with E-state index in [1.54, 1.807) is 35.4 Å². The van der Waals surface area contributed by atoms with Gasteiger partial charge in [0.05, 0.1) is 20.2 Å². The lowest BCUT2D eigenvalue weighted by Gasteiger charge is -2.38. The monoisotopic (exact) mass is 358 g/mol. The Morgan fingerprint density at radius 3 is 2.96 bits per heavy atom. The molecule has 1 aromatic carbocycles. The quantitative estimate of drug-likeness (QED) is 0.665. The van der Waals surface area contributed by atoms with Gasteiger partial charge in [-0.15, -0.1) is 0 Å². The number of likely N-dealkylation sites (tertiary alicyclic amines) is 1. The van der Waals surface area contributed by atoms with Crippen LogP contribution < -0.4 is 15.1 Å². The summed E-state index contributed by atoms with van der Waals surface area (Å²) in [5.41, 5.74) is -0.333. The van der Waals surface area contributed by atoms with Crippen LogP contribution in [0.1, 0.15) is 10.4 Å². The van der Waals surface area contributed by atoms with E-state index in [-0.39, 0.29) is 17.6 Å². The molecule has 1 fully saturated rings. The fourth-order valence-electron chi connectivity index (χ4n) is 2.69. The summed E-state index contributed by atoms with van der Waals surface area (Å²) in [6, 6.07) is 6.78. The highest BCUT2D eigenvalue weighted by molar-refractivity contribution is 7.11. The summed E-state index contributed by atoms with van der Waals surface area (Å²) in [4.78, 5) is 30.4. The van der Waals surface area contributed by atoms with E-state index in [4.69, 9.17) is 13.9 Å². The van der Waals surface area contributed by atoms with E-state index in [1.165, 1.54) is 18.4 Å². The van der Waals surface area contributed by atoms with Crippen LogP contribution in [0.25, 0.3) is 11.0 Å². The lowest BCUT2D eigenvalue weighted by atomic mass is 10.1. The Morgan fingerprint density at radius 1 is 1.40 bits per heavy atom. The lowest BCUT2D eigenvalue weighted by molar-refractivity contribution is 0.0174. The Morgan fingerprint density at radius 2 is 2.24 bits per heavy atom. The van der Waals surface area contributed by atoms with E-state index in [0.29, 0.717) is 35.0 Å². The zero-order valence-corrected chi connectivity index (χ0v) is 14.1. The van der Waals surface area contributed by atoms with Crippen LogP contribution in [0.15, 0.2) is 45.1 Å².